The van der Waals surface area contributed by atoms with Crippen LogP contribution in [0.4, 0.5) is 0 Å². The quantitative estimate of drug-likeness (QED) is 0.641. The Labute approximate surface area is 107 Å². The molecule has 1 aliphatic rings. The predicted molar refractivity (Wildman–Crippen MR) is 70.0 cm³/mol. The van der Waals surface area contributed by atoms with Gasteiger partial charge < -0.3 is 9.84 Å². The van der Waals surface area contributed by atoms with Gasteiger partial charge in [-0.15, -0.1) is 0 Å². The zero-order valence-electron chi connectivity index (χ0n) is 10.4. The SMILES string of the molecule is O=C(O)/C=C/CCOc1ccc2c(c1)CCCC2. The van der Waals surface area contributed by atoms with Crippen molar-refractivity contribution in [3.05, 3.63) is 41.5 Å². The normalized spacial score (nSPS) is 14.4. The van der Waals surface area contributed by atoms with E-state index in [1.165, 1.54) is 30.4 Å². The predicted octanol–water partition coefficient (Wildman–Crippen LogP) is 2.98. The van der Waals surface area contributed by atoms with Gasteiger partial charge in [0, 0.05) is 6.08 Å². The van der Waals surface area contributed by atoms with Gasteiger partial charge in [0.1, 0.15) is 5.75 Å². The van der Waals surface area contributed by atoms with Crippen molar-refractivity contribution in [1.29, 1.82) is 0 Å². The van der Waals surface area contributed by atoms with Crippen LogP contribution in [0, 0.1) is 0 Å². The fourth-order valence-corrected chi connectivity index (χ4v) is 2.23. The average Bonchev–Trinajstić information content (AvgIpc) is 2.38. The van der Waals surface area contributed by atoms with Crippen LogP contribution >= 0.6 is 0 Å². The van der Waals surface area contributed by atoms with Gasteiger partial charge in [-0.1, -0.05) is 12.1 Å². The van der Waals surface area contributed by atoms with E-state index in [2.05, 4.69) is 12.1 Å². The van der Waals surface area contributed by atoms with Crippen LogP contribution in [-0.2, 0) is 17.6 Å². The van der Waals surface area contributed by atoms with Crippen LogP contribution in [0.25, 0.3) is 0 Å². The monoisotopic (exact) mass is 246 g/mol. The molecular weight excluding hydrogens is 228 g/mol. The van der Waals surface area contributed by atoms with Crippen molar-refractivity contribution in [2.75, 3.05) is 6.61 Å². The van der Waals surface area contributed by atoms with E-state index < -0.39 is 5.97 Å². The number of aliphatic carboxylic acids is 1. The molecule has 0 fully saturated rings. The summed E-state index contributed by atoms with van der Waals surface area (Å²) in [6.07, 6.45) is 8.24. The Morgan fingerprint density at radius 2 is 2.06 bits per heavy atom. The fourth-order valence-electron chi connectivity index (χ4n) is 2.23. The van der Waals surface area contributed by atoms with Crippen LogP contribution in [0.3, 0.4) is 0 Å². The third-order valence-electron chi connectivity index (χ3n) is 3.13. The van der Waals surface area contributed by atoms with E-state index in [1.807, 2.05) is 6.07 Å². The number of rotatable bonds is 5. The minimum absolute atomic E-state index is 0.516. The highest BCUT2D eigenvalue weighted by Crippen LogP contribution is 2.25. The molecule has 2 rings (SSSR count). The number of carboxylic acids is 1. The Hall–Kier alpha value is -1.77. The van der Waals surface area contributed by atoms with Crippen molar-refractivity contribution in [3.8, 4) is 5.75 Å². The molecule has 1 aliphatic carbocycles. The minimum atomic E-state index is -0.913. The number of benzene rings is 1. The summed E-state index contributed by atoms with van der Waals surface area (Å²) in [6.45, 7) is 0.516. The maximum atomic E-state index is 10.3. The molecular formula is C15H18O3. The molecule has 0 amide bonds. The van der Waals surface area contributed by atoms with E-state index in [0.29, 0.717) is 13.0 Å². The van der Waals surface area contributed by atoms with Gasteiger partial charge in [-0.2, -0.15) is 0 Å². The van der Waals surface area contributed by atoms with E-state index in [4.69, 9.17) is 9.84 Å². The lowest BCUT2D eigenvalue weighted by Gasteiger charge is -2.16. The number of carbonyl (C=O) groups is 1. The van der Waals surface area contributed by atoms with Gasteiger partial charge in [0.05, 0.1) is 6.61 Å². The Kier molecular flexibility index (Phi) is 4.40. The van der Waals surface area contributed by atoms with Crippen molar-refractivity contribution < 1.29 is 14.6 Å². The first kappa shape index (κ1) is 12.7. The first-order chi connectivity index (χ1) is 8.75. The van der Waals surface area contributed by atoms with Gasteiger partial charge >= 0.3 is 5.97 Å². The summed E-state index contributed by atoms with van der Waals surface area (Å²) in [5.41, 5.74) is 2.85. The van der Waals surface area contributed by atoms with E-state index in [0.717, 1.165) is 18.2 Å². The summed E-state index contributed by atoms with van der Waals surface area (Å²) < 4.78 is 5.61. The maximum Gasteiger partial charge on any atom is 0.327 e. The van der Waals surface area contributed by atoms with Crippen molar-refractivity contribution in [3.63, 3.8) is 0 Å². The Balaban J connectivity index is 1.84. The summed E-state index contributed by atoms with van der Waals surface area (Å²) in [5, 5.41) is 8.43. The maximum absolute atomic E-state index is 10.3. The van der Waals surface area contributed by atoms with Gasteiger partial charge in [0.15, 0.2) is 0 Å². The zero-order valence-corrected chi connectivity index (χ0v) is 10.4. The highest BCUT2D eigenvalue weighted by atomic mass is 16.5. The molecule has 3 nitrogen and oxygen atoms in total. The number of aryl methyl sites for hydroxylation is 2. The molecule has 0 aliphatic heterocycles. The summed E-state index contributed by atoms with van der Waals surface area (Å²) >= 11 is 0. The van der Waals surface area contributed by atoms with Crippen LogP contribution < -0.4 is 4.74 Å². The molecule has 1 N–H and O–H groups in total. The number of hydrogen-bond donors (Lipinski definition) is 1. The summed E-state index contributed by atoms with van der Waals surface area (Å²) in [6, 6.07) is 6.28. The highest BCUT2D eigenvalue weighted by Gasteiger charge is 2.09. The van der Waals surface area contributed by atoms with E-state index in [-0.39, 0.29) is 0 Å². The fraction of sp³-hybridized carbons (Fsp3) is 0.400. The number of ether oxygens (including phenoxy) is 1. The molecule has 1 aromatic rings. The van der Waals surface area contributed by atoms with E-state index >= 15 is 0 Å². The van der Waals surface area contributed by atoms with Crippen LogP contribution in [0.2, 0.25) is 0 Å². The van der Waals surface area contributed by atoms with E-state index in [1.54, 1.807) is 6.08 Å². The van der Waals surface area contributed by atoms with Crippen LogP contribution in [-0.4, -0.2) is 17.7 Å². The molecule has 0 unspecified atom stereocenters. The molecule has 0 aromatic heterocycles. The Bertz CT molecular complexity index is 449. The number of hydrogen-bond acceptors (Lipinski definition) is 2. The molecule has 0 radical (unpaired) electrons. The van der Waals surface area contributed by atoms with Crippen molar-refractivity contribution >= 4 is 5.97 Å². The standard InChI is InChI=1S/C15H18O3/c16-15(17)7-3-4-10-18-14-9-8-12-5-1-2-6-13(12)11-14/h3,7-9,11H,1-2,4-6,10H2,(H,16,17)/b7-3+. The van der Waals surface area contributed by atoms with Crippen molar-refractivity contribution in [2.24, 2.45) is 0 Å². The zero-order chi connectivity index (χ0) is 12.8. The number of fused-ring (bicyclic) bond motifs is 1. The minimum Gasteiger partial charge on any atom is -0.493 e. The van der Waals surface area contributed by atoms with Crippen molar-refractivity contribution in [1.82, 2.24) is 0 Å². The molecule has 18 heavy (non-hydrogen) atoms. The molecule has 0 heterocycles. The third-order valence-corrected chi connectivity index (χ3v) is 3.13. The van der Waals surface area contributed by atoms with Gasteiger partial charge in [-0.25, -0.2) is 4.79 Å². The average molecular weight is 246 g/mol. The molecule has 1 aromatic carbocycles. The van der Waals surface area contributed by atoms with Crippen LogP contribution in [0.5, 0.6) is 5.75 Å². The lowest BCUT2D eigenvalue weighted by Crippen LogP contribution is -2.03. The second kappa shape index (κ2) is 6.24. The molecule has 0 saturated heterocycles. The Morgan fingerprint density at radius 3 is 2.83 bits per heavy atom. The lowest BCUT2D eigenvalue weighted by molar-refractivity contribution is -0.131. The first-order valence-electron chi connectivity index (χ1n) is 6.40. The largest absolute Gasteiger partial charge is 0.493 e. The lowest BCUT2D eigenvalue weighted by atomic mass is 9.92. The summed E-state index contributed by atoms with van der Waals surface area (Å²) in [7, 11) is 0. The Morgan fingerprint density at radius 1 is 1.28 bits per heavy atom. The first-order valence-corrected chi connectivity index (χ1v) is 6.40. The summed E-state index contributed by atoms with van der Waals surface area (Å²) in [5.74, 6) is -0.0249. The molecule has 96 valence electrons. The molecule has 0 bridgehead atoms. The van der Waals surface area contributed by atoms with Crippen LogP contribution in [0.1, 0.15) is 30.4 Å². The molecule has 0 atom stereocenters. The summed E-state index contributed by atoms with van der Waals surface area (Å²) in [4.78, 5) is 10.3. The van der Waals surface area contributed by atoms with Crippen LogP contribution in [0.15, 0.2) is 30.4 Å². The molecule has 3 heteroatoms. The van der Waals surface area contributed by atoms with Gasteiger partial charge in [0.25, 0.3) is 0 Å². The molecule has 0 spiro atoms. The second-order valence-electron chi connectivity index (χ2n) is 4.52. The second-order valence-corrected chi connectivity index (χ2v) is 4.52. The van der Waals surface area contributed by atoms with Gasteiger partial charge in [-0.05, 0) is 55.4 Å². The third kappa shape index (κ3) is 3.62. The van der Waals surface area contributed by atoms with E-state index in [9.17, 15) is 4.79 Å². The van der Waals surface area contributed by atoms with Gasteiger partial charge in [-0.3, -0.25) is 0 Å². The van der Waals surface area contributed by atoms with Crippen molar-refractivity contribution in [2.45, 2.75) is 32.1 Å². The topological polar surface area (TPSA) is 46.5 Å². The highest BCUT2D eigenvalue weighted by molar-refractivity contribution is 5.79. The number of carboxylic acid groups (broad SMARTS) is 1. The molecule has 0 saturated carbocycles. The smallest absolute Gasteiger partial charge is 0.327 e. The van der Waals surface area contributed by atoms with Gasteiger partial charge in [0.2, 0.25) is 0 Å².